The molecule has 0 saturated carbocycles. The standard InChI is InChI=1S/C15H10Br2F2O/c16-12-5-13(18)11(4-14(12)19)15(17)8-1-2-9-6-20-7-10(9)3-8/h1-5,15H,6-7H2. The van der Waals surface area contributed by atoms with E-state index in [0.29, 0.717) is 13.2 Å². The maximum absolute atomic E-state index is 14.0. The summed E-state index contributed by atoms with van der Waals surface area (Å²) in [6.07, 6.45) is 0. The Morgan fingerprint density at radius 2 is 1.75 bits per heavy atom. The summed E-state index contributed by atoms with van der Waals surface area (Å²) in [5.74, 6) is -0.924. The van der Waals surface area contributed by atoms with Gasteiger partial charge in [-0.25, -0.2) is 8.78 Å². The number of fused-ring (bicyclic) bond motifs is 1. The van der Waals surface area contributed by atoms with Gasteiger partial charge in [-0.2, -0.15) is 0 Å². The van der Waals surface area contributed by atoms with E-state index in [-0.39, 0.29) is 10.0 Å². The molecule has 0 saturated heterocycles. The minimum absolute atomic E-state index is 0.126. The van der Waals surface area contributed by atoms with Crippen molar-refractivity contribution in [1.82, 2.24) is 0 Å². The number of rotatable bonds is 2. The van der Waals surface area contributed by atoms with Gasteiger partial charge in [-0.1, -0.05) is 34.1 Å². The predicted molar refractivity (Wildman–Crippen MR) is 79.8 cm³/mol. The van der Waals surface area contributed by atoms with Crippen molar-refractivity contribution in [2.45, 2.75) is 18.0 Å². The highest BCUT2D eigenvalue weighted by Crippen LogP contribution is 2.36. The molecule has 1 aliphatic heterocycles. The molecule has 104 valence electrons. The molecule has 5 heteroatoms. The number of hydrogen-bond acceptors (Lipinski definition) is 1. The summed E-state index contributed by atoms with van der Waals surface area (Å²) in [5.41, 5.74) is 3.42. The van der Waals surface area contributed by atoms with Crippen LogP contribution in [0.5, 0.6) is 0 Å². The average molecular weight is 404 g/mol. The summed E-state index contributed by atoms with van der Waals surface area (Å²) in [4.78, 5) is -0.393. The van der Waals surface area contributed by atoms with Gasteiger partial charge in [0.1, 0.15) is 11.6 Å². The van der Waals surface area contributed by atoms with Crippen LogP contribution in [-0.4, -0.2) is 0 Å². The molecule has 1 heterocycles. The Morgan fingerprint density at radius 1 is 1.00 bits per heavy atom. The van der Waals surface area contributed by atoms with E-state index >= 15 is 0 Å². The van der Waals surface area contributed by atoms with Gasteiger partial charge in [0, 0.05) is 5.56 Å². The summed E-state index contributed by atoms with van der Waals surface area (Å²) in [6, 6.07) is 8.21. The molecule has 2 aromatic rings. The molecule has 0 radical (unpaired) electrons. The molecule has 1 nitrogen and oxygen atoms in total. The lowest BCUT2D eigenvalue weighted by atomic mass is 10.00. The third-order valence-corrected chi connectivity index (χ3v) is 4.98. The summed E-state index contributed by atoms with van der Waals surface area (Å²) < 4.78 is 33.1. The lowest BCUT2D eigenvalue weighted by Gasteiger charge is -2.13. The summed E-state index contributed by atoms with van der Waals surface area (Å²) in [6.45, 7) is 1.18. The first-order valence-corrected chi connectivity index (χ1v) is 7.75. The van der Waals surface area contributed by atoms with Crippen LogP contribution in [0.1, 0.15) is 27.1 Å². The first-order chi connectivity index (χ1) is 9.56. The van der Waals surface area contributed by atoms with Crippen molar-refractivity contribution in [3.8, 4) is 0 Å². The zero-order chi connectivity index (χ0) is 14.3. The summed E-state index contributed by atoms with van der Waals surface area (Å²) in [7, 11) is 0. The van der Waals surface area contributed by atoms with Gasteiger partial charge < -0.3 is 4.74 Å². The second-order valence-electron chi connectivity index (χ2n) is 4.67. The Labute approximate surface area is 132 Å². The topological polar surface area (TPSA) is 9.23 Å². The Hall–Kier alpha value is -0.780. The van der Waals surface area contributed by atoms with Gasteiger partial charge in [-0.05, 0) is 44.8 Å². The van der Waals surface area contributed by atoms with Gasteiger partial charge in [-0.15, -0.1) is 0 Å². The van der Waals surface area contributed by atoms with E-state index in [1.54, 1.807) is 0 Å². The number of benzene rings is 2. The van der Waals surface area contributed by atoms with Crippen LogP contribution in [0.25, 0.3) is 0 Å². The molecule has 3 rings (SSSR count). The molecule has 1 aliphatic rings. The zero-order valence-electron chi connectivity index (χ0n) is 10.3. The van der Waals surface area contributed by atoms with Crippen LogP contribution in [0, 0.1) is 11.6 Å². The highest BCUT2D eigenvalue weighted by molar-refractivity contribution is 9.10. The lowest BCUT2D eigenvalue weighted by Crippen LogP contribution is -1.99. The molecule has 0 spiro atoms. The molecule has 0 aliphatic carbocycles. The fourth-order valence-electron chi connectivity index (χ4n) is 2.26. The summed E-state index contributed by atoms with van der Waals surface area (Å²) >= 11 is 6.43. The molecule has 0 bridgehead atoms. The first-order valence-electron chi connectivity index (χ1n) is 6.04. The molecule has 0 N–H and O–H groups in total. The molecule has 0 aromatic heterocycles. The first kappa shape index (κ1) is 14.2. The van der Waals surface area contributed by atoms with Crippen molar-refractivity contribution in [1.29, 1.82) is 0 Å². The molecular weight excluding hydrogens is 394 g/mol. The Balaban J connectivity index is 2.00. The van der Waals surface area contributed by atoms with E-state index < -0.39 is 16.5 Å². The zero-order valence-corrected chi connectivity index (χ0v) is 13.5. The largest absolute Gasteiger partial charge is 0.372 e. The van der Waals surface area contributed by atoms with Crippen LogP contribution < -0.4 is 0 Å². The van der Waals surface area contributed by atoms with E-state index in [1.807, 2.05) is 18.2 Å². The van der Waals surface area contributed by atoms with E-state index in [4.69, 9.17) is 4.74 Å². The van der Waals surface area contributed by atoms with Gasteiger partial charge in [0.05, 0.1) is 22.5 Å². The van der Waals surface area contributed by atoms with Gasteiger partial charge in [0.15, 0.2) is 0 Å². The van der Waals surface area contributed by atoms with Gasteiger partial charge in [-0.3, -0.25) is 0 Å². The molecule has 1 unspecified atom stereocenters. The van der Waals surface area contributed by atoms with Crippen molar-refractivity contribution < 1.29 is 13.5 Å². The van der Waals surface area contributed by atoms with Crippen LogP contribution in [0.3, 0.4) is 0 Å². The Morgan fingerprint density at radius 3 is 2.55 bits per heavy atom. The summed E-state index contributed by atoms with van der Waals surface area (Å²) in [5, 5.41) is 0. The Kier molecular flexibility index (Phi) is 3.93. The highest BCUT2D eigenvalue weighted by Gasteiger charge is 2.20. The number of hydrogen-bond donors (Lipinski definition) is 0. The third-order valence-electron chi connectivity index (χ3n) is 3.35. The van der Waals surface area contributed by atoms with Crippen molar-refractivity contribution in [3.63, 3.8) is 0 Å². The van der Waals surface area contributed by atoms with E-state index in [9.17, 15) is 8.78 Å². The molecule has 2 aromatic carbocycles. The van der Waals surface area contributed by atoms with Gasteiger partial charge in [0.2, 0.25) is 0 Å². The normalized spacial score (nSPS) is 15.2. The smallest absolute Gasteiger partial charge is 0.137 e. The molecule has 0 amide bonds. The van der Waals surface area contributed by atoms with Crippen LogP contribution in [-0.2, 0) is 18.0 Å². The van der Waals surface area contributed by atoms with Crippen LogP contribution >= 0.6 is 31.9 Å². The second kappa shape index (κ2) is 5.54. The minimum atomic E-state index is -0.477. The van der Waals surface area contributed by atoms with E-state index in [1.165, 1.54) is 6.07 Å². The predicted octanol–water partition coefficient (Wildman–Crippen LogP) is 5.24. The monoisotopic (exact) mass is 402 g/mol. The van der Waals surface area contributed by atoms with Crippen molar-refractivity contribution >= 4 is 31.9 Å². The van der Waals surface area contributed by atoms with Crippen LogP contribution in [0.15, 0.2) is 34.8 Å². The van der Waals surface area contributed by atoms with Gasteiger partial charge >= 0.3 is 0 Å². The third kappa shape index (κ3) is 2.54. The SMILES string of the molecule is Fc1cc(C(Br)c2ccc3c(c2)COC3)c(F)cc1Br. The fraction of sp³-hybridized carbons (Fsp3) is 0.200. The second-order valence-corrected chi connectivity index (χ2v) is 6.44. The van der Waals surface area contributed by atoms with Crippen molar-refractivity contribution in [2.24, 2.45) is 0 Å². The van der Waals surface area contributed by atoms with Crippen LogP contribution in [0.2, 0.25) is 0 Å². The maximum Gasteiger partial charge on any atom is 0.137 e. The molecule has 1 atom stereocenters. The molecule has 20 heavy (non-hydrogen) atoms. The number of ether oxygens (including phenoxy) is 1. The average Bonchev–Trinajstić information content (AvgIpc) is 2.89. The minimum Gasteiger partial charge on any atom is -0.372 e. The van der Waals surface area contributed by atoms with E-state index in [2.05, 4.69) is 31.9 Å². The quantitative estimate of drug-likeness (QED) is 0.492. The Bertz CT molecular complexity index is 673. The van der Waals surface area contributed by atoms with Gasteiger partial charge in [0.25, 0.3) is 0 Å². The van der Waals surface area contributed by atoms with E-state index in [0.717, 1.165) is 22.8 Å². The fourth-order valence-corrected chi connectivity index (χ4v) is 3.21. The molecule has 0 fully saturated rings. The van der Waals surface area contributed by atoms with Crippen LogP contribution in [0.4, 0.5) is 8.78 Å². The number of alkyl halides is 1. The lowest BCUT2D eigenvalue weighted by molar-refractivity contribution is 0.134. The molecular formula is C15H10Br2F2O. The van der Waals surface area contributed by atoms with Crippen molar-refractivity contribution in [2.75, 3.05) is 0 Å². The number of halogens is 4. The maximum atomic E-state index is 14.0. The van der Waals surface area contributed by atoms with Crippen molar-refractivity contribution in [3.05, 3.63) is 68.7 Å². The highest BCUT2D eigenvalue weighted by atomic mass is 79.9.